The smallest absolute Gasteiger partial charge is 0.262 e. The van der Waals surface area contributed by atoms with Crippen molar-refractivity contribution in [2.75, 3.05) is 25.0 Å². The normalized spacial score (nSPS) is 18.3. The first kappa shape index (κ1) is 16.3. The van der Waals surface area contributed by atoms with Gasteiger partial charge in [-0.3, -0.25) is 14.4 Å². The SMILES string of the molecule is CC(CNC(=O)c1ccc2c(c1)NC(=O)CO2)N1CCCCC1=O. The van der Waals surface area contributed by atoms with Crippen LogP contribution in [0, 0.1) is 0 Å². The Morgan fingerprint density at radius 1 is 1.38 bits per heavy atom. The summed E-state index contributed by atoms with van der Waals surface area (Å²) in [5, 5.41) is 5.53. The summed E-state index contributed by atoms with van der Waals surface area (Å²) in [7, 11) is 0. The molecule has 128 valence electrons. The van der Waals surface area contributed by atoms with Crippen molar-refractivity contribution in [1.29, 1.82) is 0 Å². The Kier molecular flexibility index (Phi) is 4.69. The Balaban J connectivity index is 1.60. The van der Waals surface area contributed by atoms with Crippen molar-refractivity contribution in [3.8, 4) is 5.75 Å². The van der Waals surface area contributed by atoms with Gasteiger partial charge in [-0.25, -0.2) is 0 Å². The topological polar surface area (TPSA) is 87.7 Å². The number of anilines is 1. The molecule has 0 aliphatic carbocycles. The maximum absolute atomic E-state index is 12.3. The van der Waals surface area contributed by atoms with E-state index in [-0.39, 0.29) is 30.4 Å². The fourth-order valence-electron chi connectivity index (χ4n) is 2.97. The minimum absolute atomic E-state index is 0.0140. The van der Waals surface area contributed by atoms with Crippen molar-refractivity contribution in [2.24, 2.45) is 0 Å². The molecular formula is C17H21N3O4. The third-order valence-electron chi connectivity index (χ3n) is 4.32. The van der Waals surface area contributed by atoms with Crippen LogP contribution in [0.5, 0.6) is 5.75 Å². The first-order valence-electron chi connectivity index (χ1n) is 8.19. The van der Waals surface area contributed by atoms with E-state index in [1.54, 1.807) is 18.2 Å². The molecule has 2 aliphatic heterocycles. The van der Waals surface area contributed by atoms with Crippen molar-refractivity contribution < 1.29 is 19.1 Å². The zero-order valence-electron chi connectivity index (χ0n) is 13.6. The monoisotopic (exact) mass is 331 g/mol. The third-order valence-corrected chi connectivity index (χ3v) is 4.32. The predicted molar refractivity (Wildman–Crippen MR) is 87.9 cm³/mol. The van der Waals surface area contributed by atoms with Gasteiger partial charge in [0.15, 0.2) is 6.61 Å². The van der Waals surface area contributed by atoms with E-state index in [2.05, 4.69) is 10.6 Å². The molecule has 0 spiro atoms. The maximum atomic E-state index is 12.3. The van der Waals surface area contributed by atoms with Crippen LogP contribution in [-0.2, 0) is 9.59 Å². The Labute approximate surface area is 140 Å². The molecule has 0 bridgehead atoms. The Bertz CT molecular complexity index is 674. The van der Waals surface area contributed by atoms with E-state index in [0.717, 1.165) is 19.4 Å². The zero-order chi connectivity index (χ0) is 17.1. The molecule has 24 heavy (non-hydrogen) atoms. The molecule has 1 aromatic rings. The van der Waals surface area contributed by atoms with E-state index in [1.807, 2.05) is 11.8 Å². The molecule has 2 aliphatic rings. The van der Waals surface area contributed by atoms with Gasteiger partial charge in [0, 0.05) is 31.1 Å². The van der Waals surface area contributed by atoms with Gasteiger partial charge >= 0.3 is 0 Å². The number of carbonyl (C=O) groups excluding carboxylic acids is 3. The summed E-state index contributed by atoms with van der Waals surface area (Å²) < 4.78 is 5.27. The fraction of sp³-hybridized carbons (Fsp3) is 0.471. The highest BCUT2D eigenvalue weighted by atomic mass is 16.5. The number of ether oxygens (including phenoxy) is 1. The van der Waals surface area contributed by atoms with Crippen LogP contribution >= 0.6 is 0 Å². The van der Waals surface area contributed by atoms with Crippen molar-refractivity contribution in [3.05, 3.63) is 23.8 Å². The van der Waals surface area contributed by atoms with Crippen LogP contribution in [0.1, 0.15) is 36.5 Å². The Morgan fingerprint density at radius 2 is 2.21 bits per heavy atom. The molecule has 2 heterocycles. The molecule has 3 rings (SSSR count). The van der Waals surface area contributed by atoms with Crippen LogP contribution in [0.4, 0.5) is 5.69 Å². The molecule has 3 amide bonds. The van der Waals surface area contributed by atoms with E-state index in [0.29, 0.717) is 30.0 Å². The van der Waals surface area contributed by atoms with Gasteiger partial charge in [0.1, 0.15) is 5.75 Å². The average Bonchev–Trinajstić information content (AvgIpc) is 2.59. The number of amides is 3. The predicted octanol–water partition coefficient (Wildman–Crippen LogP) is 1.15. The molecule has 2 N–H and O–H groups in total. The number of likely N-dealkylation sites (tertiary alicyclic amines) is 1. The maximum Gasteiger partial charge on any atom is 0.262 e. The number of benzene rings is 1. The van der Waals surface area contributed by atoms with Gasteiger partial charge < -0.3 is 20.3 Å². The van der Waals surface area contributed by atoms with E-state index >= 15 is 0 Å². The lowest BCUT2D eigenvalue weighted by atomic mass is 10.1. The van der Waals surface area contributed by atoms with E-state index < -0.39 is 0 Å². The summed E-state index contributed by atoms with van der Waals surface area (Å²) in [6.45, 7) is 3.06. The summed E-state index contributed by atoms with van der Waals surface area (Å²) in [4.78, 5) is 37.4. The molecule has 0 radical (unpaired) electrons. The number of nitrogens with zero attached hydrogens (tertiary/aromatic N) is 1. The lowest BCUT2D eigenvalue weighted by molar-refractivity contribution is -0.135. The van der Waals surface area contributed by atoms with Crippen molar-refractivity contribution in [3.63, 3.8) is 0 Å². The third kappa shape index (κ3) is 3.50. The lowest BCUT2D eigenvalue weighted by Crippen LogP contribution is -2.47. The second kappa shape index (κ2) is 6.90. The van der Waals surface area contributed by atoms with Crippen LogP contribution in [-0.4, -0.2) is 48.4 Å². The highest BCUT2D eigenvalue weighted by molar-refractivity contribution is 5.99. The van der Waals surface area contributed by atoms with Crippen LogP contribution in [0.2, 0.25) is 0 Å². The minimum Gasteiger partial charge on any atom is -0.482 e. The minimum atomic E-state index is -0.242. The molecule has 0 aromatic heterocycles. The molecule has 1 saturated heterocycles. The first-order chi connectivity index (χ1) is 11.5. The molecule has 1 unspecified atom stereocenters. The largest absolute Gasteiger partial charge is 0.482 e. The number of carbonyl (C=O) groups is 3. The van der Waals surface area contributed by atoms with Crippen LogP contribution < -0.4 is 15.4 Å². The number of piperidine rings is 1. The zero-order valence-corrected chi connectivity index (χ0v) is 13.6. The standard InChI is InChI=1S/C17H21N3O4/c1-11(20-7-3-2-4-16(20)22)9-18-17(23)12-5-6-14-13(8-12)19-15(21)10-24-14/h5-6,8,11H,2-4,7,9-10H2,1H3,(H,18,23)(H,19,21). The Morgan fingerprint density at radius 3 is 3.00 bits per heavy atom. The number of hydrogen-bond donors (Lipinski definition) is 2. The fourth-order valence-corrected chi connectivity index (χ4v) is 2.97. The molecule has 7 heteroatoms. The quantitative estimate of drug-likeness (QED) is 0.866. The molecular weight excluding hydrogens is 310 g/mol. The molecule has 1 aromatic carbocycles. The van der Waals surface area contributed by atoms with Gasteiger partial charge in [-0.2, -0.15) is 0 Å². The van der Waals surface area contributed by atoms with Crippen molar-refractivity contribution >= 4 is 23.4 Å². The summed E-state index contributed by atoms with van der Waals surface area (Å²) in [5.41, 5.74) is 0.940. The van der Waals surface area contributed by atoms with Crippen LogP contribution in [0.25, 0.3) is 0 Å². The van der Waals surface area contributed by atoms with E-state index in [9.17, 15) is 14.4 Å². The number of hydrogen-bond acceptors (Lipinski definition) is 4. The highest BCUT2D eigenvalue weighted by Crippen LogP contribution is 2.28. The second-order valence-electron chi connectivity index (χ2n) is 6.15. The van der Waals surface area contributed by atoms with Gasteiger partial charge in [-0.05, 0) is 38.0 Å². The van der Waals surface area contributed by atoms with Crippen molar-refractivity contribution in [2.45, 2.75) is 32.2 Å². The van der Waals surface area contributed by atoms with Gasteiger partial charge in [0.05, 0.1) is 5.69 Å². The first-order valence-corrected chi connectivity index (χ1v) is 8.19. The number of rotatable bonds is 4. The summed E-state index contributed by atoms with van der Waals surface area (Å²) in [5.74, 6) is 0.223. The van der Waals surface area contributed by atoms with E-state index in [4.69, 9.17) is 4.74 Å². The summed E-state index contributed by atoms with van der Waals surface area (Å²) in [6.07, 6.45) is 2.54. The van der Waals surface area contributed by atoms with E-state index in [1.165, 1.54) is 0 Å². The van der Waals surface area contributed by atoms with Gasteiger partial charge in [-0.1, -0.05) is 0 Å². The summed E-state index contributed by atoms with van der Waals surface area (Å²) >= 11 is 0. The highest BCUT2D eigenvalue weighted by Gasteiger charge is 2.23. The molecule has 0 saturated carbocycles. The van der Waals surface area contributed by atoms with Crippen molar-refractivity contribution in [1.82, 2.24) is 10.2 Å². The van der Waals surface area contributed by atoms with Gasteiger partial charge in [0.25, 0.3) is 11.8 Å². The average molecular weight is 331 g/mol. The van der Waals surface area contributed by atoms with Crippen LogP contribution in [0.3, 0.4) is 0 Å². The number of fused-ring (bicyclic) bond motifs is 1. The molecule has 1 fully saturated rings. The van der Waals surface area contributed by atoms with Crippen LogP contribution in [0.15, 0.2) is 18.2 Å². The summed E-state index contributed by atoms with van der Waals surface area (Å²) in [6, 6.07) is 4.88. The molecule has 7 nitrogen and oxygen atoms in total. The Hall–Kier alpha value is -2.57. The lowest BCUT2D eigenvalue weighted by Gasteiger charge is -2.32. The second-order valence-corrected chi connectivity index (χ2v) is 6.15. The van der Waals surface area contributed by atoms with Gasteiger partial charge in [0.2, 0.25) is 5.91 Å². The van der Waals surface area contributed by atoms with Gasteiger partial charge in [-0.15, -0.1) is 0 Å². The molecule has 1 atom stereocenters. The number of nitrogens with one attached hydrogen (secondary N) is 2.